The van der Waals surface area contributed by atoms with Crippen molar-refractivity contribution in [1.29, 1.82) is 0 Å². The maximum atomic E-state index is 12.8. The van der Waals surface area contributed by atoms with Gasteiger partial charge in [0, 0.05) is 0 Å². The number of primary amides is 1. The number of hydrogen-bond acceptors (Lipinski definition) is 2. The second-order valence-corrected chi connectivity index (χ2v) is 2.38. The van der Waals surface area contributed by atoms with Crippen molar-refractivity contribution in [2.24, 2.45) is 5.73 Å². The fourth-order valence-corrected chi connectivity index (χ4v) is 0.869. The van der Waals surface area contributed by atoms with E-state index >= 15 is 0 Å². The van der Waals surface area contributed by atoms with Gasteiger partial charge in [-0.15, -0.1) is 0 Å². The highest BCUT2D eigenvalue weighted by molar-refractivity contribution is 5.93. The van der Waals surface area contributed by atoms with Gasteiger partial charge >= 0.3 is 6.61 Å². The topological polar surface area (TPSA) is 52.3 Å². The van der Waals surface area contributed by atoms with Crippen molar-refractivity contribution in [3.05, 3.63) is 29.6 Å². The highest BCUT2D eigenvalue weighted by Gasteiger charge is 2.11. The van der Waals surface area contributed by atoms with E-state index in [9.17, 15) is 18.0 Å². The maximum absolute atomic E-state index is 12.8. The lowest BCUT2D eigenvalue weighted by molar-refractivity contribution is -0.0499. The molecule has 1 amide bonds. The molecule has 0 aliphatic heterocycles. The van der Waals surface area contributed by atoms with Gasteiger partial charge in [0.25, 0.3) is 5.91 Å². The van der Waals surface area contributed by atoms with E-state index in [4.69, 9.17) is 5.73 Å². The Kier molecular flexibility index (Phi) is 2.95. The number of halogens is 3. The van der Waals surface area contributed by atoms with Crippen LogP contribution < -0.4 is 10.5 Å². The molecule has 6 heteroatoms. The second-order valence-electron chi connectivity index (χ2n) is 2.38. The quantitative estimate of drug-likeness (QED) is 0.813. The molecule has 1 aromatic carbocycles. The van der Waals surface area contributed by atoms with E-state index in [-0.39, 0.29) is 5.75 Å². The van der Waals surface area contributed by atoms with Crippen molar-refractivity contribution >= 4 is 5.91 Å². The molecule has 76 valence electrons. The molecule has 0 saturated carbocycles. The van der Waals surface area contributed by atoms with Gasteiger partial charge in [-0.3, -0.25) is 4.79 Å². The number of nitrogens with two attached hydrogens (primary N) is 1. The third kappa shape index (κ3) is 2.38. The van der Waals surface area contributed by atoms with Crippen LogP contribution in [0.15, 0.2) is 18.2 Å². The normalized spacial score (nSPS) is 10.3. The molecule has 0 atom stereocenters. The van der Waals surface area contributed by atoms with Gasteiger partial charge in [0.15, 0.2) is 0 Å². The van der Waals surface area contributed by atoms with Crippen LogP contribution in [0.2, 0.25) is 0 Å². The molecule has 0 fully saturated rings. The van der Waals surface area contributed by atoms with Crippen molar-refractivity contribution in [2.75, 3.05) is 0 Å². The first kappa shape index (κ1) is 10.4. The highest BCUT2D eigenvalue weighted by Crippen LogP contribution is 2.18. The summed E-state index contributed by atoms with van der Waals surface area (Å²) in [5.41, 5.74) is 4.31. The average Bonchev–Trinajstić information content (AvgIpc) is 2.07. The number of alkyl halides is 2. The molecule has 2 N–H and O–H groups in total. The number of rotatable bonds is 3. The number of hydrogen-bond donors (Lipinski definition) is 1. The zero-order valence-corrected chi connectivity index (χ0v) is 6.84. The molecule has 0 radical (unpaired) electrons. The molecule has 1 rings (SSSR count). The van der Waals surface area contributed by atoms with Crippen LogP contribution in [0, 0.1) is 5.82 Å². The van der Waals surface area contributed by atoms with Crippen LogP contribution in [0.1, 0.15) is 10.4 Å². The van der Waals surface area contributed by atoms with Crippen molar-refractivity contribution in [3.8, 4) is 5.75 Å². The molecule has 14 heavy (non-hydrogen) atoms. The van der Waals surface area contributed by atoms with E-state index in [1.807, 2.05) is 0 Å². The van der Waals surface area contributed by atoms with Crippen LogP contribution in [0.3, 0.4) is 0 Å². The summed E-state index contributed by atoms with van der Waals surface area (Å²) >= 11 is 0. The summed E-state index contributed by atoms with van der Waals surface area (Å²) in [7, 11) is 0. The Bertz CT molecular complexity index is 354. The van der Waals surface area contributed by atoms with Crippen LogP contribution in [-0.2, 0) is 0 Å². The van der Waals surface area contributed by atoms with Crippen molar-refractivity contribution in [1.82, 2.24) is 0 Å². The summed E-state index contributed by atoms with van der Waals surface area (Å²) in [6, 6.07) is 2.63. The summed E-state index contributed by atoms with van der Waals surface area (Å²) in [6.45, 7) is -3.03. The minimum Gasteiger partial charge on any atom is -0.435 e. The first-order valence-corrected chi connectivity index (χ1v) is 3.55. The lowest BCUT2D eigenvalue weighted by Gasteiger charge is -2.05. The molecule has 0 spiro atoms. The highest BCUT2D eigenvalue weighted by atomic mass is 19.3. The first-order valence-electron chi connectivity index (χ1n) is 3.55. The lowest BCUT2D eigenvalue weighted by Crippen LogP contribution is -2.13. The van der Waals surface area contributed by atoms with Crippen LogP contribution in [0.5, 0.6) is 5.75 Å². The summed E-state index contributed by atoms with van der Waals surface area (Å²) in [6.07, 6.45) is 0. The summed E-state index contributed by atoms with van der Waals surface area (Å²) in [4.78, 5) is 10.6. The Balaban J connectivity index is 3.00. The molecule has 0 aliphatic carbocycles. The Morgan fingerprint density at radius 2 is 2.07 bits per heavy atom. The molecule has 0 aliphatic rings. The van der Waals surface area contributed by atoms with Crippen LogP contribution >= 0.6 is 0 Å². The van der Waals surface area contributed by atoms with E-state index in [0.29, 0.717) is 0 Å². The fraction of sp³-hybridized carbons (Fsp3) is 0.125. The van der Waals surface area contributed by atoms with E-state index in [2.05, 4.69) is 4.74 Å². The zero-order chi connectivity index (χ0) is 10.7. The lowest BCUT2D eigenvalue weighted by atomic mass is 10.2. The zero-order valence-electron chi connectivity index (χ0n) is 6.84. The van der Waals surface area contributed by atoms with Gasteiger partial charge in [-0.05, 0) is 18.2 Å². The van der Waals surface area contributed by atoms with Gasteiger partial charge in [-0.2, -0.15) is 8.78 Å². The largest absolute Gasteiger partial charge is 0.435 e. The van der Waals surface area contributed by atoms with Gasteiger partial charge in [-0.1, -0.05) is 0 Å². The summed E-state index contributed by atoms with van der Waals surface area (Å²) < 4.78 is 40.2. The Morgan fingerprint density at radius 1 is 1.43 bits per heavy atom. The number of amides is 1. The minimum atomic E-state index is -3.03. The number of benzene rings is 1. The molecule has 0 aromatic heterocycles. The Labute approximate surface area is 77.3 Å². The van der Waals surface area contributed by atoms with Crippen molar-refractivity contribution in [2.45, 2.75) is 6.61 Å². The maximum Gasteiger partial charge on any atom is 0.387 e. The smallest absolute Gasteiger partial charge is 0.387 e. The third-order valence-electron chi connectivity index (χ3n) is 1.43. The molecule has 3 nitrogen and oxygen atoms in total. The van der Waals surface area contributed by atoms with Gasteiger partial charge < -0.3 is 10.5 Å². The second kappa shape index (κ2) is 3.99. The molecular weight excluding hydrogens is 199 g/mol. The van der Waals surface area contributed by atoms with E-state index < -0.39 is 23.9 Å². The number of carbonyl (C=O) groups is 1. The van der Waals surface area contributed by atoms with E-state index in [1.54, 1.807) is 0 Å². The summed E-state index contributed by atoms with van der Waals surface area (Å²) in [5, 5.41) is 0. The van der Waals surface area contributed by atoms with Crippen LogP contribution in [0.4, 0.5) is 13.2 Å². The van der Waals surface area contributed by atoms with Gasteiger partial charge in [0.2, 0.25) is 0 Å². The predicted molar refractivity (Wildman–Crippen MR) is 41.5 cm³/mol. The average molecular weight is 205 g/mol. The predicted octanol–water partition coefficient (Wildman–Crippen LogP) is 1.53. The SMILES string of the molecule is NC(=O)c1cc(OC(F)F)ccc1F. The third-order valence-corrected chi connectivity index (χ3v) is 1.43. The van der Waals surface area contributed by atoms with Gasteiger partial charge in [-0.25, -0.2) is 4.39 Å². The Hall–Kier alpha value is -1.72. The molecular formula is C8H6F3NO2. The fourth-order valence-electron chi connectivity index (χ4n) is 0.869. The monoisotopic (exact) mass is 205 g/mol. The van der Waals surface area contributed by atoms with Crippen LogP contribution in [-0.4, -0.2) is 12.5 Å². The van der Waals surface area contributed by atoms with E-state index in [0.717, 1.165) is 18.2 Å². The standard InChI is InChI=1S/C8H6F3NO2/c9-6-2-1-4(14-8(10)11)3-5(6)7(12)13/h1-3,8H,(H2,12,13). The number of ether oxygens (including phenoxy) is 1. The van der Waals surface area contributed by atoms with Crippen LogP contribution in [0.25, 0.3) is 0 Å². The molecule has 0 unspecified atom stereocenters. The van der Waals surface area contributed by atoms with Gasteiger partial charge in [0.1, 0.15) is 11.6 Å². The Morgan fingerprint density at radius 3 is 2.57 bits per heavy atom. The molecule has 0 bridgehead atoms. The minimum absolute atomic E-state index is 0.310. The molecule has 1 aromatic rings. The number of carbonyl (C=O) groups excluding carboxylic acids is 1. The van der Waals surface area contributed by atoms with Crippen molar-refractivity contribution < 1.29 is 22.7 Å². The summed E-state index contributed by atoms with van der Waals surface area (Å²) in [5.74, 6) is -2.23. The van der Waals surface area contributed by atoms with Crippen molar-refractivity contribution in [3.63, 3.8) is 0 Å². The molecule has 0 heterocycles. The van der Waals surface area contributed by atoms with E-state index in [1.165, 1.54) is 0 Å². The van der Waals surface area contributed by atoms with Gasteiger partial charge in [0.05, 0.1) is 5.56 Å². The molecule has 0 saturated heterocycles. The first-order chi connectivity index (χ1) is 6.50.